The Bertz CT molecular complexity index is 871. The van der Waals surface area contributed by atoms with Crippen LogP contribution in [0.3, 0.4) is 0 Å². The van der Waals surface area contributed by atoms with Gasteiger partial charge in [-0.2, -0.15) is 0 Å². The summed E-state index contributed by atoms with van der Waals surface area (Å²) in [6.45, 7) is 0. The zero-order valence-electron chi connectivity index (χ0n) is 12.2. The van der Waals surface area contributed by atoms with E-state index in [2.05, 4.69) is 127 Å². The maximum absolute atomic E-state index is 2.79. The Morgan fingerprint density at radius 1 is 0.565 bits per heavy atom. The smallest absolute Gasteiger partial charge is 0.0214 e. The van der Waals surface area contributed by atoms with E-state index in [1.165, 1.54) is 45.3 Å². The van der Waals surface area contributed by atoms with Crippen molar-refractivity contribution in [2.45, 2.75) is 0 Å². The lowest BCUT2D eigenvalue weighted by atomic mass is 9.99. The van der Waals surface area contributed by atoms with Gasteiger partial charge in [-0.1, -0.05) is 12.1 Å². The molecule has 0 aliphatic heterocycles. The standard InChI is InChI=1S/C18H15I2P3/c19-13-4-10(11-6-15(22)8-16(23)7-11)3-12(5-13)17-2-1-14(21)9-18(17)20/h1-9H,21-23H2. The fourth-order valence-corrected chi connectivity index (χ4v) is 5.58. The highest BCUT2D eigenvalue weighted by Gasteiger charge is 2.08. The second-order valence-corrected chi connectivity index (χ2v) is 9.76. The minimum atomic E-state index is 1.20. The second-order valence-electron chi connectivity index (χ2n) is 5.36. The molecule has 0 saturated carbocycles. The molecule has 3 rings (SSSR count). The fourth-order valence-electron chi connectivity index (χ4n) is 2.52. The Kier molecular flexibility index (Phi) is 6.13. The minimum absolute atomic E-state index is 1.20. The molecule has 0 radical (unpaired) electrons. The number of halogens is 2. The average molecular weight is 578 g/mol. The van der Waals surface area contributed by atoms with Crippen molar-refractivity contribution in [3.8, 4) is 22.3 Å². The predicted octanol–water partition coefficient (Wildman–Crippen LogP) is 4.73. The third-order valence-electron chi connectivity index (χ3n) is 3.51. The minimum Gasteiger partial charge on any atom is -0.106 e. The van der Waals surface area contributed by atoms with E-state index in [0.29, 0.717) is 0 Å². The molecule has 0 amide bonds. The van der Waals surface area contributed by atoms with Gasteiger partial charge >= 0.3 is 0 Å². The molecule has 0 aliphatic rings. The van der Waals surface area contributed by atoms with Crippen molar-refractivity contribution in [2.75, 3.05) is 0 Å². The van der Waals surface area contributed by atoms with Gasteiger partial charge in [0.2, 0.25) is 0 Å². The van der Waals surface area contributed by atoms with E-state index in [4.69, 9.17) is 0 Å². The van der Waals surface area contributed by atoms with E-state index in [1.807, 2.05) is 0 Å². The highest BCUT2D eigenvalue weighted by Crippen LogP contribution is 2.31. The molecule has 0 bridgehead atoms. The van der Waals surface area contributed by atoms with Crippen molar-refractivity contribution in [3.05, 3.63) is 61.7 Å². The molecule has 0 N–H and O–H groups in total. The van der Waals surface area contributed by atoms with Crippen molar-refractivity contribution in [1.29, 1.82) is 0 Å². The summed E-state index contributed by atoms with van der Waals surface area (Å²) in [5.41, 5.74) is 5.05. The molecule has 3 unspecified atom stereocenters. The molecule has 0 aromatic heterocycles. The lowest BCUT2D eigenvalue weighted by Crippen LogP contribution is -2.01. The van der Waals surface area contributed by atoms with E-state index in [0.717, 1.165) is 0 Å². The fraction of sp³-hybridized carbons (Fsp3) is 0. The summed E-state index contributed by atoms with van der Waals surface area (Å²) in [6.07, 6.45) is 0. The van der Waals surface area contributed by atoms with Crippen LogP contribution in [-0.4, -0.2) is 0 Å². The zero-order valence-corrected chi connectivity index (χ0v) is 20.0. The Morgan fingerprint density at radius 2 is 1.17 bits per heavy atom. The summed E-state index contributed by atoms with van der Waals surface area (Å²) in [5, 5.41) is 3.62. The van der Waals surface area contributed by atoms with Crippen molar-refractivity contribution in [3.63, 3.8) is 0 Å². The molecule has 0 nitrogen and oxygen atoms in total. The van der Waals surface area contributed by atoms with Gasteiger partial charge in [-0.05, 0) is 126 Å². The number of rotatable bonds is 2. The van der Waals surface area contributed by atoms with E-state index in [9.17, 15) is 0 Å². The van der Waals surface area contributed by atoms with Crippen LogP contribution in [0, 0.1) is 7.14 Å². The van der Waals surface area contributed by atoms with Crippen LogP contribution in [0.4, 0.5) is 0 Å². The second kappa shape index (κ2) is 7.75. The highest BCUT2D eigenvalue weighted by molar-refractivity contribution is 14.1. The Balaban J connectivity index is 2.16. The quantitative estimate of drug-likeness (QED) is 0.305. The molecule has 0 fully saturated rings. The first kappa shape index (κ1) is 18.2. The Morgan fingerprint density at radius 3 is 1.83 bits per heavy atom. The summed E-state index contributed by atoms with van der Waals surface area (Å²) in [4.78, 5) is 0. The molecular formula is C18H15I2P3. The largest absolute Gasteiger partial charge is 0.106 e. The van der Waals surface area contributed by atoms with Gasteiger partial charge in [-0.3, -0.25) is 0 Å². The molecule has 23 heavy (non-hydrogen) atoms. The molecule has 0 aliphatic carbocycles. The SMILES string of the molecule is Pc1cc(P)cc(-c2cc(I)cc(-c3ccc(P)cc3I)c2)c1. The van der Waals surface area contributed by atoms with Gasteiger partial charge in [-0.15, -0.1) is 27.7 Å². The van der Waals surface area contributed by atoms with E-state index in [1.54, 1.807) is 0 Å². The topological polar surface area (TPSA) is 0 Å². The molecule has 0 saturated heterocycles. The van der Waals surface area contributed by atoms with E-state index in [-0.39, 0.29) is 0 Å². The third kappa shape index (κ3) is 4.53. The van der Waals surface area contributed by atoms with Gasteiger partial charge in [-0.25, -0.2) is 0 Å². The Labute approximate surface area is 171 Å². The summed E-state index contributed by atoms with van der Waals surface area (Å²) in [7, 11) is 8.34. The van der Waals surface area contributed by atoms with E-state index >= 15 is 0 Å². The van der Waals surface area contributed by atoms with Gasteiger partial charge in [0.1, 0.15) is 0 Å². The summed E-state index contributed by atoms with van der Waals surface area (Å²) >= 11 is 4.82. The molecule has 0 heterocycles. The van der Waals surface area contributed by atoms with Crippen LogP contribution in [-0.2, 0) is 0 Å². The molecule has 3 aromatic carbocycles. The summed E-state index contributed by atoms with van der Waals surface area (Å²) < 4.78 is 2.52. The molecule has 0 spiro atoms. The molecule has 3 atom stereocenters. The van der Waals surface area contributed by atoms with E-state index < -0.39 is 0 Å². The normalized spacial score (nSPS) is 10.8. The van der Waals surface area contributed by atoms with Crippen LogP contribution in [0.2, 0.25) is 0 Å². The summed E-state index contributed by atoms with van der Waals surface area (Å²) in [6, 6.07) is 19.9. The highest BCUT2D eigenvalue weighted by atomic mass is 127. The molecule has 5 heteroatoms. The monoisotopic (exact) mass is 578 g/mol. The van der Waals surface area contributed by atoms with Crippen LogP contribution >= 0.6 is 72.9 Å². The van der Waals surface area contributed by atoms with Gasteiger partial charge in [0, 0.05) is 7.14 Å². The van der Waals surface area contributed by atoms with Crippen LogP contribution in [0.5, 0.6) is 0 Å². The maximum atomic E-state index is 2.79. The summed E-state index contributed by atoms with van der Waals surface area (Å²) in [5.74, 6) is 0. The zero-order chi connectivity index (χ0) is 16.6. The molecule has 116 valence electrons. The van der Waals surface area contributed by atoms with Crippen molar-refractivity contribution in [1.82, 2.24) is 0 Å². The van der Waals surface area contributed by atoms with Gasteiger partial charge < -0.3 is 0 Å². The van der Waals surface area contributed by atoms with Crippen molar-refractivity contribution >= 4 is 88.8 Å². The van der Waals surface area contributed by atoms with Gasteiger partial charge in [0.15, 0.2) is 0 Å². The predicted molar refractivity (Wildman–Crippen MR) is 131 cm³/mol. The van der Waals surface area contributed by atoms with Gasteiger partial charge in [0.05, 0.1) is 0 Å². The molecule has 3 aromatic rings. The first-order valence-electron chi connectivity index (χ1n) is 6.95. The van der Waals surface area contributed by atoms with Crippen molar-refractivity contribution in [2.24, 2.45) is 0 Å². The number of hydrogen-bond donors (Lipinski definition) is 0. The molecular weight excluding hydrogens is 563 g/mol. The Hall–Kier alpha value is 0.410. The first-order chi connectivity index (χ1) is 10.9. The number of hydrogen-bond acceptors (Lipinski definition) is 0. The third-order valence-corrected chi connectivity index (χ3v) is 6.05. The van der Waals surface area contributed by atoms with Gasteiger partial charge in [0.25, 0.3) is 0 Å². The van der Waals surface area contributed by atoms with Crippen LogP contribution in [0.25, 0.3) is 22.3 Å². The van der Waals surface area contributed by atoms with Crippen LogP contribution in [0.15, 0.2) is 54.6 Å². The van der Waals surface area contributed by atoms with Crippen molar-refractivity contribution < 1.29 is 0 Å². The van der Waals surface area contributed by atoms with Crippen LogP contribution < -0.4 is 15.9 Å². The number of benzene rings is 3. The maximum Gasteiger partial charge on any atom is 0.0214 e. The average Bonchev–Trinajstić information content (AvgIpc) is 2.45. The first-order valence-corrected chi connectivity index (χ1v) is 10.8. The van der Waals surface area contributed by atoms with Crippen LogP contribution in [0.1, 0.15) is 0 Å². The lowest BCUT2D eigenvalue weighted by Gasteiger charge is -2.11. The lowest BCUT2D eigenvalue weighted by molar-refractivity contribution is 1.56.